The van der Waals surface area contributed by atoms with E-state index < -0.39 is 18.6 Å². The number of carbonyl (C=O) groups excluding carboxylic acids is 1. The van der Waals surface area contributed by atoms with Gasteiger partial charge in [0.05, 0.1) is 0 Å². The van der Waals surface area contributed by atoms with Crippen LogP contribution in [0.1, 0.15) is 10.6 Å². The van der Waals surface area contributed by atoms with Gasteiger partial charge in [-0.3, -0.25) is 4.79 Å². The Kier molecular flexibility index (Phi) is 3.40. The fourth-order valence-electron chi connectivity index (χ4n) is 0.704. The van der Waals surface area contributed by atoms with Gasteiger partial charge in [-0.15, -0.1) is 0 Å². The van der Waals surface area contributed by atoms with Gasteiger partial charge in [0.1, 0.15) is 6.54 Å². The third kappa shape index (κ3) is 3.56. The number of amides is 1. The quantitative estimate of drug-likeness (QED) is 0.849. The van der Waals surface area contributed by atoms with Crippen LogP contribution >= 0.6 is 22.6 Å². The molecule has 1 N–H and O–H groups in total. The Hall–Kier alpha value is -0.730. The van der Waals surface area contributed by atoms with Crippen molar-refractivity contribution in [1.82, 2.24) is 5.32 Å². The van der Waals surface area contributed by atoms with Crippen molar-refractivity contribution in [3.63, 3.8) is 0 Å². The zero-order valence-electron chi connectivity index (χ0n) is 6.69. The maximum atomic E-state index is 11.7. The molecule has 78 valence electrons. The van der Waals surface area contributed by atoms with Crippen molar-refractivity contribution in [2.45, 2.75) is 6.18 Å². The molecule has 1 amide bonds. The molecule has 0 aromatic carbocycles. The van der Waals surface area contributed by atoms with E-state index >= 15 is 0 Å². The minimum atomic E-state index is -4.41. The molecule has 7 heteroatoms. The van der Waals surface area contributed by atoms with E-state index in [1.54, 1.807) is 5.32 Å². The van der Waals surface area contributed by atoms with Gasteiger partial charge in [0, 0.05) is 0 Å². The minimum absolute atomic E-state index is 0.126. The molecule has 14 heavy (non-hydrogen) atoms. The number of furan rings is 1. The molecule has 0 aliphatic carbocycles. The van der Waals surface area contributed by atoms with Gasteiger partial charge in [-0.05, 0) is 34.7 Å². The van der Waals surface area contributed by atoms with Gasteiger partial charge >= 0.3 is 6.18 Å². The van der Waals surface area contributed by atoms with Gasteiger partial charge in [0.25, 0.3) is 5.91 Å². The summed E-state index contributed by atoms with van der Waals surface area (Å²) < 4.78 is 40.3. The Balaban J connectivity index is 2.52. The number of hydrogen-bond acceptors (Lipinski definition) is 2. The van der Waals surface area contributed by atoms with Crippen LogP contribution in [0.3, 0.4) is 0 Å². The van der Waals surface area contributed by atoms with E-state index in [0.717, 1.165) is 0 Å². The lowest BCUT2D eigenvalue weighted by Gasteiger charge is -2.06. The first-order valence-electron chi connectivity index (χ1n) is 3.49. The summed E-state index contributed by atoms with van der Waals surface area (Å²) in [5.74, 6) is -0.996. The van der Waals surface area contributed by atoms with Crippen molar-refractivity contribution in [2.75, 3.05) is 6.54 Å². The number of carbonyl (C=O) groups is 1. The van der Waals surface area contributed by atoms with E-state index in [1.165, 1.54) is 12.1 Å². The van der Waals surface area contributed by atoms with Crippen LogP contribution in [-0.2, 0) is 0 Å². The van der Waals surface area contributed by atoms with Crippen LogP contribution in [0.5, 0.6) is 0 Å². The molecule has 0 bridgehead atoms. The summed E-state index contributed by atoms with van der Waals surface area (Å²) in [6.07, 6.45) is -4.41. The molecule has 1 aromatic heterocycles. The molecule has 3 nitrogen and oxygen atoms in total. The van der Waals surface area contributed by atoms with Gasteiger partial charge in [-0.2, -0.15) is 13.2 Å². The Bertz CT molecular complexity index is 334. The van der Waals surface area contributed by atoms with Gasteiger partial charge in [0.2, 0.25) is 0 Å². The molecule has 1 aromatic rings. The summed E-state index contributed by atoms with van der Waals surface area (Å²) in [7, 11) is 0. The number of hydrogen-bond donors (Lipinski definition) is 1. The Labute approximate surface area is 90.8 Å². The van der Waals surface area contributed by atoms with Crippen molar-refractivity contribution >= 4 is 28.5 Å². The van der Waals surface area contributed by atoms with E-state index in [1.807, 2.05) is 22.6 Å². The summed E-state index contributed by atoms with van der Waals surface area (Å²) in [6.45, 7) is -1.36. The Morgan fingerprint density at radius 2 is 2.14 bits per heavy atom. The van der Waals surface area contributed by atoms with E-state index in [9.17, 15) is 18.0 Å². The van der Waals surface area contributed by atoms with Crippen molar-refractivity contribution in [3.05, 3.63) is 21.7 Å². The third-order valence-corrected chi connectivity index (χ3v) is 1.83. The van der Waals surface area contributed by atoms with Crippen molar-refractivity contribution < 1.29 is 22.4 Å². The normalized spacial score (nSPS) is 11.4. The van der Waals surface area contributed by atoms with Crippen LogP contribution in [0.2, 0.25) is 0 Å². The van der Waals surface area contributed by atoms with Gasteiger partial charge in [-0.1, -0.05) is 0 Å². The smallest absolute Gasteiger partial charge is 0.405 e. The number of alkyl halides is 3. The predicted molar refractivity (Wildman–Crippen MR) is 49.8 cm³/mol. The highest BCUT2D eigenvalue weighted by atomic mass is 127. The second-order valence-corrected chi connectivity index (χ2v) is 3.46. The Morgan fingerprint density at radius 1 is 1.50 bits per heavy atom. The molecule has 0 spiro atoms. The summed E-state index contributed by atoms with van der Waals surface area (Å²) in [5, 5.41) is 1.69. The van der Waals surface area contributed by atoms with Gasteiger partial charge in [-0.25, -0.2) is 0 Å². The fourth-order valence-corrected chi connectivity index (χ4v) is 1.12. The first-order valence-corrected chi connectivity index (χ1v) is 4.56. The number of halogens is 4. The standard InChI is InChI=1S/C7H5F3INO2/c8-7(9,10)3-12-6(13)4-1-2-5(11)14-4/h1-2H,3H2,(H,12,13). The molecule has 0 fully saturated rings. The fraction of sp³-hybridized carbons (Fsp3) is 0.286. The van der Waals surface area contributed by atoms with Crippen LogP contribution in [0.4, 0.5) is 13.2 Å². The van der Waals surface area contributed by atoms with Crippen LogP contribution in [0.25, 0.3) is 0 Å². The van der Waals surface area contributed by atoms with Crippen LogP contribution in [0.15, 0.2) is 16.5 Å². The van der Waals surface area contributed by atoms with Crippen LogP contribution in [0, 0.1) is 3.77 Å². The maximum absolute atomic E-state index is 11.7. The molecular formula is C7H5F3INO2. The van der Waals surface area contributed by atoms with E-state index in [-0.39, 0.29) is 5.76 Å². The monoisotopic (exact) mass is 319 g/mol. The second kappa shape index (κ2) is 4.20. The maximum Gasteiger partial charge on any atom is 0.405 e. The first-order chi connectivity index (χ1) is 6.38. The molecule has 0 saturated carbocycles. The van der Waals surface area contributed by atoms with Crippen molar-refractivity contribution in [1.29, 1.82) is 0 Å². The van der Waals surface area contributed by atoms with Crippen molar-refractivity contribution in [2.24, 2.45) is 0 Å². The number of nitrogens with one attached hydrogen (secondary N) is 1. The summed E-state index contributed by atoms with van der Waals surface area (Å²) >= 11 is 1.81. The molecule has 0 radical (unpaired) electrons. The van der Waals surface area contributed by atoms with E-state index in [4.69, 9.17) is 4.42 Å². The Morgan fingerprint density at radius 3 is 2.57 bits per heavy atom. The van der Waals surface area contributed by atoms with Gasteiger partial charge < -0.3 is 9.73 Å². The van der Waals surface area contributed by atoms with Crippen LogP contribution in [-0.4, -0.2) is 18.6 Å². The second-order valence-electron chi connectivity index (χ2n) is 2.40. The van der Waals surface area contributed by atoms with Crippen LogP contribution < -0.4 is 5.32 Å². The zero-order valence-corrected chi connectivity index (χ0v) is 8.85. The zero-order chi connectivity index (χ0) is 10.8. The summed E-state index contributed by atoms with van der Waals surface area (Å²) in [5.41, 5.74) is 0. The highest BCUT2D eigenvalue weighted by Crippen LogP contribution is 2.13. The highest BCUT2D eigenvalue weighted by Gasteiger charge is 2.28. The molecule has 0 aliphatic heterocycles. The lowest BCUT2D eigenvalue weighted by Crippen LogP contribution is -2.33. The molecular weight excluding hydrogens is 314 g/mol. The third-order valence-electron chi connectivity index (χ3n) is 1.25. The largest absolute Gasteiger partial charge is 0.445 e. The number of rotatable bonds is 2. The van der Waals surface area contributed by atoms with E-state index in [0.29, 0.717) is 3.77 Å². The topological polar surface area (TPSA) is 42.2 Å². The molecule has 0 atom stereocenters. The summed E-state index contributed by atoms with van der Waals surface area (Å²) in [4.78, 5) is 11.0. The average molecular weight is 319 g/mol. The molecule has 1 heterocycles. The highest BCUT2D eigenvalue weighted by molar-refractivity contribution is 14.1. The first kappa shape index (κ1) is 11.3. The molecule has 0 saturated heterocycles. The predicted octanol–water partition coefficient (Wildman–Crippen LogP) is 2.18. The minimum Gasteiger partial charge on any atom is -0.445 e. The molecule has 0 aliphatic rings. The van der Waals surface area contributed by atoms with Gasteiger partial charge in [0.15, 0.2) is 9.53 Å². The van der Waals surface area contributed by atoms with E-state index in [2.05, 4.69) is 0 Å². The molecule has 0 unspecified atom stereocenters. The lowest BCUT2D eigenvalue weighted by atomic mass is 10.4. The van der Waals surface area contributed by atoms with Crippen molar-refractivity contribution in [3.8, 4) is 0 Å². The SMILES string of the molecule is O=C(NCC(F)(F)F)c1ccc(I)o1. The lowest BCUT2D eigenvalue weighted by molar-refractivity contribution is -0.123. The average Bonchev–Trinajstić information content (AvgIpc) is 2.46. The summed E-state index contributed by atoms with van der Waals surface area (Å²) in [6, 6.07) is 2.80. The molecule has 1 rings (SSSR count).